The Hall–Kier alpha value is -9.26. The van der Waals surface area contributed by atoms with E-state index in [-0.39, 0.29) is 0 Å². The molecule has 0 spiro atoms. The van der Waals surface area contributed by atoms with E-state index in [0.29, 0.717) is 17.5 Å². The van der Waals surface area contributed by atoms with Crippen molar-refractivity contribution in [2.24, 2.45) is 0 Å². The van der Waals surface area contributed by atoms with Crippen LogP contribution in [-0.4, -0.2) is 29.1 Å². The molecule has 318 valence electrons. The highest BCUT2D eigenvalue weighted by Crippen LogP contribution is 2.42. The summed E-state index contributed by atoms with van der Waals surface area (Å²) in [6.45, 7) is 0. The SMILES string of the molecule is c1ccc(-c2cccc(-c3ccc4c(c3)c3c(-c5cccc(-c6nc(-c7ccccc7)nc(-c7cncc(-n8c9ccccc9c9ccccc98)c7)n6)c5)cccc3n4-c3ccccc3)c2)cc1. The molecule has 13 aromatic rings. The molecule has 0 N–H and O–H groups in total. The maximum Gasteiger partial charge on any atom is 0.165 e. The molecule has 0 unspecified atom stereocenters. The Morgan fingerprint density at radius 2 is 0.750 bits per heavy atom. The summed E-state index contributed by atoms with van der Waals surface area (Å²) in [4.78, 5) is 20.3. The Morgan fingerprint density at radius 1 is 0.265 bits per heavy atom. The van der Waals surface area contributed by atoms with Gasteiger partial charge in [0.2, 0.25) is 0 Å². The average Bonchev–Trinajstić information content (AvgIpc) is 3.94. The van der Waals surface area contributed by atoms with Crippen LogP contribution in [0.1, 0.15) is 0 Å². The van der Waals surface area contributed by atoms with E-state index in [1.54, 1.807) is 0 Å². The van der Waals surface area contributed by atoms with Crippen molar-refractivity contribution in [2.75, 3.05) is 0 Å². The van der Waals surface area contributed by atoms with Crippen LogP contribution in [0.15, 0.2) is 243 Å². The summed E-state index contributed by atoms with van der Waals surface area (Å²) in [6.07, 6.45) is 3.75. The van der Waals surface area contributed by atoms with Gasteiger partial charge in [0.1, 0.15) is 0 Å². The first-order valence-electron chi connectivity index (χ1n) is 22.9. The van der Waals surface area contributed by atoms with Gasteiger partial charge in [-0.25, -0.2) is 15.0 Å². The van der Waals surface area contributed by atoms with Crippen molar-refractivity contribution in [3.05, 3.63) is 243 Å². The Morgan fingerprint density at radius 3 is 1.47 bits per heavy atom. The van der Waals surface area contributed by atoms with E-state index >= 15 is 0 Å². The molecule has 0 saturated heterocycles. The molecule has 0 fully saturated rings. The van der Waals surface area contributed by atoms with Gasteiger partial charge in [-0.05, 0) is 94.0 Å². The highest BCUT2D eigenvalue weighted by molar-refractivity contribution is 6.17. The van der Waals surface area contributed by atoms with Gasteiger partial charge in [-0.1, -0.05) is 170 Å². The van der Waals surface area contributed by atoms with Crippen molar-refractivity contribution < 1.29 is 0 Å². The van der Waals surface area contributed by atoms with Crippen LogP contribution in [0, 0.1) is 0 Å². The zero-order chi connectivity index (χ0) is 45.0. The molecule has 68 heavy (non-hydrogen) atoms. The third kappa shape index (κ3) is 6.74. The number of aromatic nitrogens is 6. The topological polar surface area (TPSA) is 61.4 Å². The smallest absolute Gasteiger partial charge is 0.165 e. The third-order valence-electron chi connectivity index (χ3n) is 13.0. The summed E-state index contributed by atoms with van der Waals surface area (Å²) in [5.41, 5.74) is 16.0. The lowest BCUT2D eigenvalue weighted by molar-refractivity contribution is 1.06. The third-order valence-corrected chi connectivity index (χ3v) is 13.0. The molecule has 0 amide bonds. The van der Waals surface area contributed by atoms with E-state index in [9.17, 15) is 0 Å². The van der Waals surface area contributed by atoms with E-state index in [2.05, 4.69) is 209 Å². The number of benzene rings is 9. The zero-order valence-electron chi connectivity index (χ0n) is 36.8. The molecule has 0 bridgehead atoms. The van der Waals surface area contributed by atoms with Crippen LogP contribution >= 0.6 is 0 Å². The quantitative estimate of drug-likeness (QED) is 0.153. The number of nitrogens with zero attached hydrogens (tertiary/aromatic N) is 6. The molecular weight excluding hydrogens is 829 g/mol. The first-order chi connectivity index (χ1) is 33.7. The molecule has 0 atom stereocenters. The maximum atomic E-state index is 5.24. The lowest BCUT2D eigenvalue weighted by Crippen LogP contribution is -2.02. The molecule has 6 nitrogen and oxygen atoms in total. The summed E-state index contributed by atoms with van der Waals surface area (Å²) < 4.78 is 4.65. The molecule has 4 aromatic heterocycles. The number of hydrogen-bond acceptors (Lipinski definition) is 4. The Labute approximate surface area is 392 Å². The van der Waals surface area contributed by atoms with E-state index in [1.165, 1.54) is 38.2 Å². The minimum atomic E-state index is 0.547. The minimum Gasteiger partial charge on any atom is -0.309 e. The number of para-hydroxylation sites is 3. The van der Waals surface area contributed by atoms with Gasteiger partial charge in [0.05, 0.1) is 34.0 Å². The van der Waals surface area contributed by atoms with Gasteiger partial charge >= 0.3 is 0 Å². The molecule has 9 aromatic carbocycles. The van der Waals surface area contributed by atoms with E-state index < -0.39 is 0 Å². The number of rotatable bonds is 8. The van der Waals surface area contributed by atoms with E-state index in [1.807, 2.05) is 42.7 Å². The molecule has 0 radical (unpaired) electrons. The first-order valence-corrected chi connectivity index (χ1v) is 22.9. The number of fused-ring (bicyclic) bond motifs is 6. The molecule has 4 heterocycles. The van der Waals surface area contributed by atoms with Crippen LogP contribution in [0.25, 0.3) is 123 Å². The predicted octanol–water partition coefficient (Wildman–Crippen LogP) is 15.5. The predicted molar refractivity (Wildman–Crippen MR) is 279 cm³/mol. The second-order valence-electron chi connectivity index (χ2n) is 17.1. The second-order valence-corrected chi connectivity index (χ2v) is 17.1. The summed E-state index contributed by atoms with van der Waals surface area (Å²) in [5, 5.41) is 4.74. The van der Waals surface area contributed by atoms with Gasteiger partial charge in [0, 0.05) is 50.1 Å². The van der Waals surface area contributed by atoms with Gasteiger partial charge in [-0.2, -0.15) is 0 Å². The highest BCUT2D eigenvalue weighted by atomic mass is 15.0. The monoisotopic (exact) mass is 868 g/mol. The van der Waals surface area contributed by atoms with Crippen LogP contribution in [-0.2, 0) is 0 Å². The molecule has 0 aliphatic heterocycles. The van der Waals surface area contributed by atoms with Crippen LogP contribution in [0.5, 0.6) is 0 Å². The average molecular weight is 869 g/mol. The van der Waals surface area contributed by atoms with E-state index in [4.69, 9.17) is 19.9 Å². The lowest BCUT2D eigenvalue weighted by Gasteiger charge is -2.12. The van der Waals surface area contributed by atoms with Crippen molar-refractivity contribution in [3.8, 4) is 78.9 Å². The van der Waals surface area contributed by atoms with Gasteiger partial charge in [0.15, 0.2) is 17.5 Å². The van der Waals surface area contributed by atoms with Gasteiger partial charge < -0.3 is 9.13 Å². The summed E-state index contributed by atoms with van der Waals surface area (Å²) in [7, 11) is 0. The van der Waals surface area contributed by atoms with E-state index in [0.717, 1.165) is 66.8 Å². The molecular formula is C62H40N6. The molecule has 6 heteroatoms. The maximum absolute atomic E-state index is 5.24. The largest absolute Gasteiger partial charge is 0.309 e. The van der Waals surface area contributed by atoms with Crippen molar-refractivity contribution in [1.82, 2.24) is 29.1 Å². The fourth-order valence-electron chi connectivity index (χ4n) is 9.90. The summed E-state index contributed by atoms with van der Waals surface area (Å²) in [6, 6.07) is 81.5. The Bertz CT molecular complexity index is 3970. The van der Waals surface area contributed by atoms with Crippen molar-refractivity contribution in [3.63, 3.8) is 0 Å². The van der Waals surface area contributed by atoms with Gasteiger partial charge in [-0.15, -0.1) is 0 Å². The van der Waals surface area contributed by atoms with Gasteiger partial charge in [-0.3, -0.25) is 4.98 Å². The number of hydrogen-bond donors (Lipinski definition) is 0. The van der Waals surface area contributed by atoms with Crippen LogP contribution in [0.4, 0.5) is 0 Å². The van der Waals surface area contributed by atoms with Crippen molar-refractivity contribution >= 4 is 43.6 Å². The van der Waals surface area contributed by atoms with Gasteiger partial charge in [0.25, 0.3) is 0 Å². The first kappa shape index (κ1) is 39.1. The molecule has 0 aliphatic rings. The molecule has 13 rings (SSSR count). The van der Waals surface area contributed by atoms with Crippen molar-refractivity contribution in [2.45, 2.75) is 0 Å². The fourth-order valence-corrected chi connectivity index (χ4v) is 9.90. The molecule has 0 aliphatic carbocycles. The minimum absolute atomic E-state index is 0.547. The summed E-state index contributed by atoms with van der Waals surface area (Å²) in [5.74, 6) is 1.72. The van der Waals surface area contributed by atoms with Crippen LogP contribution in [0.2, 0.25) is 0 Å². The zero-order valence-corrected chi connectivity index (χ0v) is 36.8. The molecule has 0 saturated carbocycles. The number of pyridine rings is 1. The highest BCUT2D eigenvalue weighted by Gasteiger charge is 2.20. The Balaban J connectivity index is 0.970. The Kier molecular flexibility index (Phi) is 9.39. The standard InChI is InChI=1S/C62H40N6/c1-4-17-41(18-5-1)43-21-14-22-44(35-43)45-33-34-57-54(38-45)59-51(29-16-32-58(59)67(57)49-25-8-3-9-26-49)46-23-15-24-47(36-46)61-64-60(42-19-6-2-7-20-42)65-62(66-61)48-37-50(40-63-39-48)68-55-30-12-10-27-52(55)53-28-11-13-31-56(53)68/h1-40H. The van der Waals surface area contributed by atoms with Crippen LogP contribution < -0.4 is 0 Å². The second kappa shape index (κ2) is 16.3. The van der Waals surface area contributed by atoms with Crippen LogP contribution in [0.3, 0.4) is 0 Å². The summed E-state index contributed by atoms with van der Waals surface area (Å²) >= 11 is 0. The van der Waals surface area contributed by atoms with Crippen molar-refractivity contribution in [1.29, 1.82) is 0 Å². The normalized spacial score (nSPS) is 11.5. The fraction of sp³-hybridized carbons (Fsp3) is 0. The lowest BCUT2D eigenvalue weighted by atomic mass is 9.95.